The first kappa shape index (κ1) is 17.1. The third kappa shape index (κ3) is 3.36. The zero-order valence-corrected chi connectivity index (χ0v) is 15.0. The first-order valence-corrected chi connectivity index (χ1v) is 9.40. The molecular formula is C16H14Cl2N2O3S. The number of nitrogens with one attached hydrogen (secondary N) is 1. The highest BCUT2D eigenvalue weighted by Crippen LogP contribution is 2.31. The van der Waals surface area contributed by atoms with E-state index in [0.29, 0.717) is 18.7 Å². The Balaban J connectivity index is 1.90. The van der Waals surface area contributed by atoms with E-state index in [2.05, 4.69) is 4.72 Å². The molecule has 0 atom stereocenters. The van der Waals surface area contributed by atoms with Crippen molar-refractivity contribution < 1.29 is 13.2 Å². The van der Waals surface area contributed by atoms with E-state index >= 15 is 0 Å². The maximum absolute atomic E-state index is 12.5. The molecule has 5 nitrogen and oxygen atoms in total. The summed E-state index contributed by atoms with van der Waals surface area (Å²) in [6, 6.07) is 9.24. The Morgan fingerprint density at radius 1 is 1.12 bits per heavy atom. The molecule has 0 fully saturated rings. The van der Waals surface area contributed by atoms with E-state index in [1.807, 2.05) is 0 Å². The summed E-state index contributed by atoms with van der Waals surface area (Å²) in [7, 11) is -3.81. The number of anilines is 2. The molecule has 1 amide bonds. The molecule has 1 heterocycles. The highest BCUT2D eigenvalue weighted by atomic mass is 35.5. The fraction of sp³-hybridized carbons (Fsp3) is 0.188. The maximum Gasteiger partial charge on any atom is 0.261 e. The Morgan fingerprint density at radius 2 is 1.79 bits per heavy atom. The molecule has 0 aliphatic carbocycles. The summed E-state index contributed by atoms with van der Waals surface area (Å²) >= 11 is 11.7. The molecule has 1 aliphatic rings. The minimum atomic E-state index is -3.81. The number of carbonyl (C=O) groups is 1. The van der Waals surface area contributed by atoms with Gasteiger partial charge in [0.15, 0.2) is 0 Å². The number of hydrogen-bond acceptors (Lipinski definition) is 3. The summed E-state index contributed by atoms with van der Waals surface area (Å²) < 4.78 is 27.5. The summed E-state index contributed by atoms with van der Waals surface area (Å²) in [5.74, 6) is -0.0318. The third-order valence-electron chi connectivity index (χ3n) is 3.75. The van der Waals surface area contributed by atoms with E-state index in [1.54, 1.807) is 23.1 Å². The lowest BCUT2D eigenvalue weighted by Crippen LogP contribution is -2.25. The highest BCUT2D eigenvalue weighted by Gasteiger charge is 2.23. The van der Waals surface area contributed by atoms with Gasteiger partial charge >= 0.3 is 0 Å². The molecule has 0 unspecified atom stereocenters. The van der Waals surface area contributed by atoms with E-state index < -0.39 is 10.0 Å². The number of benzene rings is 2. The number of amides is 1. The molecule has 126 valence electrons. The van der Waals surface area contributed by atoms with E-state index in [4.69, 9.17) is 23.2 Å². The normalized spacial score (nSPS) is 13.7. The number of sulfonamides is 1. The zero-order valence-electron chi connectivity index (χ0n) is 12.7. The van der Waals surface area contributed by atoms with E-state index in [1.165, 1.54) is 25.1 Å². The van der Waals surface area contributed by atoms with E-state index in [-0.39, 0.29) is 20.8 Å². The lowest BCUT2D eigenvalue weighted by molar-refractivity contribution is -0.116. The van der Waals surface area contributed by atoms with Crippen molar-refractivity contribution in [2.24, 2.45) is 0 Å². The molecule has 1 N–H and O–H groups in total. The van der Waals surface area contributed by atoms with Crippen LogP contribution in [0.25, 0.3) is 0 Å². The van der Waals surface area contributed by atoms with Crippen LogP contribution >= 0.6 is 23.2 Å². The molecule has 0 spiro atoms. The maximum atomic E-state index is 12.5. The fourth-order valence-electron chi connectivity index (χ4n) is 2.69. The summed E-state index contributed by atoms with van der Waals surface area (Å²) in [4.78, 5) is 13.2. The average molecular weight is 385 g/mol. The lowest BCUT2D eigenvalue weighted by atomic mass is 10.1. The van der Waals surface area contributed by atoms with Gasteiger partial charge in [-0.15, -0.1) is 0 Å². The Kier molecular flexibility index (Phi) is 4.46. The third-order valence-corrected chi connectivity index (χ3v) is 5.55. The second-order valence-corrected chi connectivity index (χ2v) is 8.03. The van der Waals surface area contributed by atoms with Gasteiger partial charge in [0.2, 0.25) is 5.91 Å². The summed E-state index contributed by atoms with van der Waals surface area (Å²) in [6.07, 6.45) is 0.688. The molecule has 1 aliphatic heterocycles. The smallest absolute Gasteiger partial charge is 0.261 e. The molecule has 8 heteroatoms. The van der Waals surface area contributed by atoms with Crippen LogP contribution in [0.1, 0.15) is 12.5 Å². The zero-order chi connectivity index (χ0) is 17.5. The molecule has 0 aromatic heterocycles. The summed E-state index contributed by atoms with van der Waals surface area (Å²) in [6.45, 7) is 2.11. The molecule has 0 radical (unpaired) electrons. The molecule has 2 aromatic rings. The second kappa shape index (κ2) is 6.27. The highest BCUT2D eigenvalue weighted by molar-refractivity contribution is 7.92. The predicted octanol–water partition coefficient (Wildman–Crippen LogP) is 3.70. The minimum absolute atomic E-state index is 0.00846. The van der Waals surface area contributed by atoms with Gasteiger partial charge in [0.25, 0.3) is 10.0 Å². The Labute approximate surface area is 150 Å². The van der Waals surface area contributed by atoms with Gasteiger partial charge in [-0.1, -0.05) is 23.2 Å². The van der Waals surface area contributed by atoms with Gasteiger partial charge in [0, 0.05) is 34.9 Å². The van der Waals surface area contributed by atoms with Crippen LogP contribution < -0.4 is 9.62 Å². The first-order valence-electron chi connectivity index (χ1n) is 7.16. The molecule has 0 saturated carbocycles. The quantitative estimate of drug-likeness (QED) is 0.876. The second-order valence-electron chi connectivity index (χ2n) is 5.47. The number of halogens is 2. The van der Waals surface area contributed by atoms with Crippen molar-refractivity contribution in [3.8, 4) is 0 Å². The molecule has 2 aromatic carbocycles. The monoisotopic (exact) mass is 384 g/mol. The summed E-state index contributed by atoms with van der Waals surface area (Å²) in [5.41, 5.74) is 2.17. The number of fused-ring (bicyclic) bond motifs is 1. The van der Waals surface area contributed by atoms with E-state index in [0.717, 1.165) is 11.3 Å². The Hall–Kier alpha value is -1.76. The number of hydrogen-bond donors (Lipinski definition) is 1. The molecular weight excluding hydrogens is 371 g/mol. The van der Waals surface area contributed by atoms with Gasteiger partial charge in [-0.2, -0.15) is 0 Å². The largest absolute Gasteiger partial charge is 0.312 e. The Bertz CT molecular complexity index is 909. The van der Waals surface area contributed by atoms with Crippen LogP contribution in [-0.2, 0) is 21.2 Å². The van der Waals surface area contributed by atoms with Crippen molar-refractivity contribution in [2.45, 2.75) is 18.2 Å². The first-order chi connectivity index (χ1) is 11.3. The molecule has 3 rings (SSSR count). The van der Waals surface area contributed by atoms with Crippen molar-refractivity contribution in [1.29, 1.82) is 0 Å². The Morgan fingerprint density at radius 3 is 2.42 bits per heavy atom. The van der Waals surface area contributed by atoms with Gasteiger partial charge < -0.3 is 4.90 Å². The number of rotatable bonds is 3. The van der Waals surface area contributed by atoms with Crippen LogP contribution in [0.3, 0.4) is 0 Å². The van der Waals surface area contributed by atoms with Gasteiger partial charge in [-0.05, 0) is 48.4 Å². The van der Waals surface area contributed by atoms with Crippen LogP contribution in [-0.4, -0.2) is 20.9 Å². The minimum Gasteiger partial charge on any atom is -0.312 e. The van der Waals surface area contributed by atoms with Gasteiger partial charge in [-0.25, -0.2) is 8.42 Å². The van der Waals surface area contributed by atoms with Crippen LogP contribution in [0.15, 0.2) is 41.3 Å². The number of nitrogens with zero attached hydrogens (tertiary/aromatic N) is 1. The van der Waals surface area contributed by atoms with Crippen molar-refractivity contribution in [2.75, 3.05) is 16.2 Å². The SMILES string of the molecule is CC(=O)N1CCc2cc(NS(=O)(=O)c3cc(Cl)cc(Cl)c3)ccc21. The number of carbonyl (C=O) groups excluding carboxylic acids is 1. The molecule has 0 saturated heterocycles. The fourth-order valence-corrected chi connectivity index (χ4v) is 4.46. The van der Waals surface area contributed by atoms with Crippen LogP contribution in [0, 0.1) is 0 Å². The predicted molar refractivity (Wildman–Crippen MR) is 95.4 cm³/mol. The van der Waals surface area contributed by atoms with Crippen molar-refractivity contribution in [1.82, 2.24) is 0 Å². The van der Waals surface area contributed by atoms with Crippen LogP contribution in [0.4, 0.5) is 11.4 Å². The topological polar surface area (TPSA) is 66.5 Å². The van der Waals surface area contributed by atoms with E-state index in [9.17, 15) is 13.2 Å². The lowest BCUT2D eigenvalue weighted by Gasteiger charge is -2.15. The van der Waals surface area contributed by atoms with Gasteiger partial charge in [0.05, 0.1) is 4.90 Å². The van der Waals surface area contributed by atoms with Crippen molar-refractivity contribution in [3.63, 3.8) is 0 Å². The standard InChI is InChI=1S/C16H14Cl2N2O3S/c1-10(21)20-5-4-11-6-14(2-3-16(11)20)19-24(22,23)15-8-12(17)7-13(18)9-15/h2-3,6-9,19H,4-5H2,1H3. The molecule has 24 heavy (non-hydrogen) atoms. The van der Waals surface area contributed by atoms with Crippen LogP contribution in [0.5, 0.6) is 0 Å². The van der Waals surface area contributed by atoms with Crippen molar-refractivity contribution >= 4 is 50.5 Å². The van der Waals surface area contributed by atoms with Crippen molar-refractivity contribution in [3.05, 3.63) is 52.0 Å². The summed E-state index contributed by atoms with van der Waals surface area (Å²) in [5, 5.41) is 0.489. The average Bonchev–Trinajstić information content (AvgIpc) is 2.89. The van der Waals surface area contributed by atoms with Gasteiger partial charge in [0.1, 0.15) is 0 Å². The molecule has 0 bridgehead atoms. The van der Waals surface area contributed by atoms with Crippen LogP contribution in [0.2, 0.25) is 10.0 Å². The van der Waals surface area contributed by atoms with Gasteiger partial charge in [-0.3, -0.25) is 9.52 Å².